The highest BCUT2D eigenvalue weighted by Crippen LogP contribution is 2.19. The number of ether oxygens (including phenoxy) is 1. The number of nitrogens with zero attached hydrogens (tertiary/aromatic N) is 2. The smallest absolute Gasteiger partial charge is 0.239 e. The first kappa shape index (κ1) is 20.0. The van der Waals surface area contributed by atoms with Crippen LogP contribution >= 0.6 is 11.6 Å². The quantitative estimate of drug-likeness (QED) is 0.711. The van der Waals surface area contributed by atoms with Gasteiger partial charge in [0.25, 0.3) is 0 Å². The van der Waals surface area contributed by atoms with Crippen molar-refractivity contribution in [2.75, 3.05) is 38.8 Å². The van der Waals surface area contributed by atoms with Crippen molar-refractivity contribution < 1.29 is 17.9 Å². The van der Waals surface area contributed by atoms with Gasteiger partial charge in [-0.25, -0.2) is 8.42 Å². The lowest BCUT2D eigenvalue weighted by Crippen LogP contribution is -2.49. The molecule has 0 bridgehead atoms. The van der Waals surface area contributed by atoms with E-state index >= 15 is 0 Å². The van der Waals surface area contributed by atoms with Crippen molar-refractivity contribution >= 4 is 27.3 Å². The number of halogens is 1. The Kier molecular flexibility index (Phi) is 6.71. The number of rotatable bonds is 7. The van der Waals surface area contributed by atoms with Crippen molar-refractivity contribution in [3.05, 3.63) is 29.3 Å². The molecule has 25 heavy (non-hydrogen) atoms. The van der Waals surface area contributed by atoms with Crippen LogP contribution in [0.15, 0.2) is 24.3 Å². The lowest BCUT2D eigenvalue weighted by molar-refractivity contribution is -0.136. The molecule has 0 aromatic heterocycles. The first-order valence-corrected chi connectivity index (χ1v) is 10.5. The number of amides is 1. The Bertz CT molecular complexity index is 710. The van der Waals surface area contributed by atoms with Crippen LogP contribution in [0.2, 0.25) is 5.02 Å². The number of hydrogen-bond donors (Lipinski definition) is 0. The summed E-state index contributed by atoms with van der Waals surface area (Å²) in [6.45, 7) is 2.81. The lowest BCUT2D eigenvalue weighted by atomic mass is 10.2. The molecule has 0 unspecified atom stereocenters. The summed E-state index contributed by atoms with van der Waals surface area (Å²) in [5.41, 5.74) is 0. The standard InChI is InChI=1S/C17H25ClN2O4S/c1-13(17(21)20(3)15-7-10-25(22,23)12-15)19(2)8-9-24-16-6-4-5-14(18)11-16/h4-6,11,13,15H,7-10,12H2,1-3H3/t13-,15+/m0/s1. The molecular formula is C17H25ClN2O4S. The average Bonchev–Trinajstić information content (AvgIpc) is 2.92. The molecule has 1 aliphatic heterocycles. The van der Waals surface area contributed by atoms with Gasteiger partial charge in [-0.05, 0) is 38.6 Å². The summed E-state index contributed by atoms with van der Waals surface area (Å²) in [4.78, 5) is 16.1. The minimum absolute atomic E-state index is 0.0591. The summed E-state index contributed by atoms with van der Waals surface area (Å²) in [7, 11) is 0.525. The van der Waals surface area contributed by atoms with Gasteiger partial charge < -0.3 is 9.64 Å². The van der Waals surface area contributed by atoms with Gasteiger partial charge in [0.15, 0.2) is 9.84 Å². The fourth-order valence-corrected chi connectivity index (χ4v) is 4.76. The monoisotopic (exact) mass is 388 g/mol. The van der Waals surface area contributed by atoms with E-state index in [9.17, 15) is 13.2 Å². The molecule has 2 rings (SSSR count). The molecular weight excluding hydrogens is 364 g/mol. The van der Waals surface area contributed by atoms with Gasteiger partial charge >= 0.3 is 0 Å². The second-order valence-electron chi connectivity index (χ2n) is 6.47. The fourth-order valence-electron chi connectivity index (χ4n) is 2.80. The molecule has 1 amide bonds. The molecule has 6 nitrogen and oxygen atoms in total. The molecule has 1 saturated heterocycles. The van der Waals surface area contributed by atoms with Crippen LogP contribution in [0.1, 0.15) is 13.3 Å². The Balaban J connectivity index is 1.82. The molecule has 8 heteroatoms. The summed E-state index contributed by atoms with van der Waals surface area (Å²) in [6, 6.07) is 6.59. The van der Waals surface area contributed by atoms with Crippen molar-refractivity contribution in [1.29, 1.82) is 0 Å². The highest BCUT2D eigenvalue weighted by molar-refractivity contribution is 7.91. The Hall–Kier alpha value is -1.31. The summed E-state index contributed by atoms with van der Waals surface area (Å²) < 4.78 is 28.8. The zero-order valence-electron chi connectivity index (χ0n) is 14.8. The number of carbonyl (C=O) groups excluding carboxylic acids is 1. The highest BCUT2D eigenvalue weighted by Gasteiger charge is 2.34. The fraction of sp³-hybridized carbons (Fsp3) is 0.588. The molecule has 1 aliphatic rings. The number of likely N-dealkylation sites (N-methyl/N-ethyl adjacent to an activating group) is 2. The SMILES string of the molecule is C[C@@H](C(=O)N(C)[C@@H]1CCS(=O)(=O)C1)N(C)CCOc1cccc(Cl)c1. The van der Waals surface area contributed by atoms with E-state index in [0.29, 0.717) is 30.3 Å². The normalized spacial score (nSPS) is 20.4. The van der Waals surface area contributed by atoms with E-state index in [2.05, 4.69) is 0 Å². The molecule has 1 heterocycles. The molecule has 1 aromatic carbocycles. The topological polar surface area (TPSA) is 66.9 Å². The largest absolute Gasteiger partial charge is 0.492 e. The maximum Gasteiger partial charge on any atom is 0.239 e. The Labute approximate surface area is 154 Å². The van der Waals surface area contributed by atoms with E-state index in [1.54, 1.807) is 24.1 Å². The van der Waals surface area contributed by atoms with E-state index in [0.717, 1.165) is 0 Å². The van der Waals surface area contributed by atoms with Gasteiger partial charge in [-0.2, -0.15) is 0 Å². The van der Waals surface area contributed by atoms with Crippen LogP contribution < -0.4 is 4.74 Å². The zero-order chi connectivity index (χ0) is 18.6. The van der Waals surface area contributed by atoms with Crippen molar-refractivity contribution in [2.45, 2.75) is 25.4 Å². The third-order valence-electron chi connectivity index (χ3n) is 4.63. The zero-order valence-corrected chi connectivity index (χ0v) is 16.4. The summed E-state index contributed by atoms with van der Waals surface area (Å²) in [5.74, 6) is 0.830. The van der Waals surface area contributed by atoms with Crippen LogP contribution in [-0.2, 0) is 14.6 Å². The molecule has 0 N–H and O–H groups in total. The molecule has 1 aromatic rings. The summed E-state index contributed by atoms with van der Waals surface area (Å²) in [6.07, 6.45) is 0.513. The first-order chi connectivity index (χ1) is 11.7. The highest BCUT2D eigenvalue weighted by atomic mass is 35.5. The van der Waals surface area contributed by atoms with Gasteiger partial charge in [0.05, 0.1) is 17.5 Å². The number of hydrogen-bond acceptors (Lipinski definition) is 5. The molecule has 0 radical (unpaired) electrons. The maximum absolute atomic E-state index is 12.6. The summed E-state index contributed by atoms with van der Waals surface area (Å²) in [5, 5.41) is 0.613. The molecule has 1 fully saturated rings. The molecule has 140 valence electrons. The van der Waals surface area contributed by atoms with Gasteiger partial charge in [0, 0.05) is 24.7 Å². The van der Waals surface area contributed by atoms with E-state index in [4.69, 9.17) is 16.3 Å². The molecule has 0 spiro atoms. The van der Waals surface area contributed by atoms with E-state index in [-0.39, 0.29) is 29.5 Å². The Morgan fingerprint density at radius 1 is 1.40 bits per heavy atom. The first-order valence-electron chi connectivity index (χ1n) is 8.25. The van der Waals surface area contributed by atoms with Gasteiger partial charge in [-0.3, -0.25) is 9.69 Å². The second-order valence-corrected chi connectivity index (χ2v) is 9.13. The van der Waals surface area contributed by atoms with Crippen molar-refractivity contribution in [2.24, 2.45) is 0 Å². The number of sulfone groups is 1. The van der Waals surface area contributed by atoms with Gasteiger partial charge in [0.1, 0.15) is 12.4 Å². The van der Waals surface area contributed by atoms with E-state index in [1.165, 1.54) is 0 Å². The second kappa shape index (κ2) is 8.38. The van der Waals surface area contributed by atoms with Crippen LogP contribution in [0.3, 0.4) is 0 Å². The third-order valence-corrected chi connectivity index (χ3v) is 6.62. The van der Waals surface area contributed by atoms with Gasteiger partial charge in [0.2, 0.25) is 5.91 Å². The van der Waals surface area contributed by atoms with Crippen LogP contribution in [0, 0.1) is 0 Å². The molecule has 2 atom stereocenters. The van der Waals surface area contributed by atoms with Crippen molar-refractivity contribution in [3.8, 4) is 5.75 Å². The molecule has 0 saturated carbocycles. The van der Waals surface area contributed by atoms with Crippen LogP contribution in [0.5, 0.6) is 5.75 Å². The number of carbonyl (C=O) groups is 1. The van der Waals surface area contributed by atoms with E-state index < -0.39 is 9.84 Å². The van der Waals surface area contributed by atoms with Gasteiger partial charge in [-0.1, -0.05) is 17.7 Å². The summed E-state index contributed by atoms with van der Waals surface area (Å²) >= 11 is 5.91. The third kappa shape index (κ3) is 5.59. The van der Waals surface area contributed by atoms with Crippen LogP contribution in [-0.4, -0.2) is 75.0 Å². The predicted octanol–water partition coefficient (Wildman–Crippen LogP) is 1.68. The van der Waals surface area contributed by atoms with Crippen LogP contribution in [0.25, 0.3) is 0 Å². The lowest BCUT2D eigenvalue weighted by Gasteiger charge is -2.31. The minimum Gasteiger partial charge on any atom is -0.492 e. The maximum atomic E-state index is 12.6. The predicted molar refractivity (Wildman–Crippen MR) is 98.9 cm³/mol. The van der Waals surface area contributed by atoms with Crippen molar-refractivity contribution in [1.82, 2.24) is 9.80 Å². The Morgan fingerprint density at radius 3 is 2.72 bits per heavy atom. The van der Waals surface area contributed by atoms with Crippen molar-refractivity contribution in [3.63, 3.8) is 0 Å². The minimum atomic E-state index is -3.01. The molecule has 0 aliphatic carbocycles. The number of benzene rings is 1. The average molecular weight is 389 g/mol. The Morgan fingerprint density at radius 2 is 2.12 bits per heavy atom. The van der Waals surface area contributed by atoms with E-state index in [1.807, 2.05) is 31.0 Å². The van der Waals surface area contributed by atoms with Crippen LogP contribution in [0.4, 0.5) is 0 Å². The van der Waals surface area contributed by atoms with Gasteiger partial charge in [-0.15, -0.1) is 0 Å².